The number of nitrogens with zero attached hydrogens (tertiary/aromatic N) is 2. The number of rotatable bonds is 9. The first kappa shape index (κ1) is 23.1. The predicted octanol–water partition coefficient (Wildman–Crippen LogP) is 6.93. The van der Waals surface area contributed by atoms with Crippen molar-refractivity contribution >= 4 is 46.5 Å². The molecule has 4 aromatic rings. The highest BCUT2D eigenvalue weighted by atomic mass is 35.5. The number of pyridine rings is 1. The average Bonchev–Trinajstić information content (AvgIpc) is 3.19. The molecule has 4 nitrogen and oxygen atoms in total. The van der Waals surface area contributed by atoms with Gasteiger partial charge in [0.1, 0.15) is 6.61 Å². The molecule has 0 radical (unpaired) electrons. The van der Waals surface area contributed by atoms with Crippen LogP contribution in [-0.4, -0.2) is 15.7 Å². The second kappa shape index (κ2) is 11.7. The number of thiazole rings is 1. The summed E-state index contributed by atoms with van der Waals surface area (Å²) in [6, 6.07) is 22.8. The van der Waals surface area contributed by atoms with Crippen molar-refractivity contribution in [1.29, 1.82) is 0 Å². The fraction of sp³-hybridized carbons (Fsp3) is 0.167. The Kier molecular flexibility index (Phi) is 8.76. The molecule has 2 aromatic heterocycles. The van der Waals surface area contributed by atoms with Gasteiger partial charge in [0.25, 0.3) is 0 Å². The highest BCUT2D eigenvalue weighted by Gasteiger charge is 2.11. The number of hydrogen-bond acceptors (Lipinski definition) is 6. The third-order valence-electron chi connectivity index (χ3n) is 4.41. The molecule has 0 saturated heterocycles. The molecule has 7 heteroatoms. The van der Waals surface area contributed by atoms with E-state index in [9.17, 15) is 0 Å². The smallest absolute Gasteiger partial charge is 0.188 e. The Hall–Kier alpha value is -2.54. The van der Waals surface area contributed by atoms with Crippen LogP contribution < -0.4 is 10.1 Å². The normalized spacial score (nSPS) is 10.4. The van der Waals surface area contributed by atoms with Gasteiger partial charge in [0.15, 0.2) is 16.7 Å². The van der Waals surface area contributed by atoms with Crippen LogP contribution in [0.5, 0.6) is 5.75 Å². The van der Waals surface area contributed by atoms with Crippen molar-refractivity contribution in [1.82, 2.24) is 9.97 Å². The van der Waals surface area contributed by atoms with E-state index in [2.05, 4.69) is 57.7 Å². The van der Waals surface area contributed by atoms with Gasteiger partial charge in [-0.25, -0.2) is 9.97 Å². The minimum atomic E-state index is 0. The van der Waals surface area contributed by atoms with Crippen molar-refractivity contribution in [3.8, 4) is 5.75 Å². The Morgan fingerprint density at radius 1 is 1.00 bits per heavy atom. The van der Waals surface area contributed by atoms with E-state index in [4.69, 9.17) is 4.74 Å². The number of anilines is 2. The number of nitrogens with one attached hydrogen (secondary N) is 1. The molecular formula is C24H24ClN3OS2. The van der Waals surface area contributed by atoms with Gasteiger partial charge in [0.2, 0.25) is 0 Å². The van der Waals surface area contributed by atoms with E-state index >= 15 is 0 Å². The van der Waals surface area contributed by atoms with Crippen LogP contribution >= 0.6 is 35.5 Å². The molecule has 0 aliphatic carbocycles. The molecular weight excluding hydrogens is 446 g/mol. The molecule has 0 saturated carbocycles. The van der Waals surface area contributed by atoms with Gasteiger partial charge in [-0.05, 0) is 30.5 Å². The highest BCUT2D eigenvalue weighted by Crippen LogP contribution is 2.32. The maximum atomic E-state index is 6.15. The number of thioether (sulfide) groups is 1. The molecule has 0 fully saturated rings. The Labute approximate surface area is 197 Å². The summed E-state index contributed by atoms with van der Waals surface area (Å²) < 4.78 is 6.15. The minimum absolute atomic E-state index is 0. The maximum Gasteiger partial charge on any atom is 0.188 e. The van der Waals surface area contributed by atoms with Crippen molar-refractivity contribution in [2.45, 2.75) is 24.8 Å². The Morgan fingerprint density at radius 2 is 1.71 bits per heavy atom. The van der Waals surface area contributed by atoms with Crippen LogP contribution in [0.1, 0.15) is 16.8 Å². The molecule has 1 N–H and O–H groups in total. The summed E-state index contributed by atoms with van der Waals surface area (Å²) in [4.78, 5) is 10.2. The summed E-state index contributed by atoms with van der Waals surface area (Å²) >= 11 is 3.35. The van der Waals surface area contributed by atoms with Crippen LogP contribution in [0.15, 0.2) is 83.2 Å². The highest BCUT2D eigenvalue weighted by molar-refractivity contribution is 7.99. The number of aromatic nitrogens is 2. The van der Waals surface area contributed by atoms with E-state index < -0.39 is 0 Å². The molecule has 0 unspecified atom stereocenters. The third-order valence-corrected chi connectivity index (χ3v) is 6.25. The first-order valence-corrected chi connectivity index (χ1v) is 11.7. The summed E-state index contributed by atoms with van der Waals surface area (Å²) in [6.45, 7) is 2.47. The van der Waals surface area contributed by atoms with Gasteiger partial charge in [0, 0.05) is 22.2 Å². The topological polar surface area (TPSA) is 47.0 Å². The summed E-state index contributed by atoms with van der Waals surface area (Å²) in [5.41, 5.74) is 3.45. The second-order valence-corrected chi connectivity index (χ2v) is 8.82. The number of benzene rings is 2. The van der Waals surface area contributed by atoms with Gasteiger partial charge in [-0.2, -0.15) is 0 Å². The lowest BCUT2D eigenvalue weighted by Gasteiger charge is -2.13. The third kappa shape index (κ3) is 6.99. The Morgan fingerprint density at radius 3 is 2.39 bits per heavy atom. The molecule has 2 heterocycles. The largest absolute Gasteiger partial charge is 0.485 e. The standard InChI is InChI=1S/C24H23N3OS2.ClH/c1-18-17-30-24(26-18)27-23-22(28-16-20-10-6-3-7-11-20)14-21(15-25-23)29-13-12-19-8-4-2-5-9-19;/h2-11,14-15,17H,12-13,16H2,1H3,(H,25,26,27);1H. The first-order valence-electron chi connectivity index (χ1n) is 9.79. The fourth-order valence-electron chi connectivity index (χ4n) is 2.89. The van der Waals surface area contributed by atoms with Gasteiger partial charge < -0.3 is 10.1 Å². The molecule has 2 aromatic carbocycles. The molecule has 0 amide bonds. The first-order chi connectivity index (χ1) is 14.8. The molecule has 0 bridgehead atoms. The van der Waals surface area contributed by atoms with Gasteiger partial charge in [-0.15, -0.1) is 35.5 Å². The number of ether oxygens (including phenoxy) is 1. The van der Waals surface area contributed by atoms with E-state index in [0.29, 0.717) is 12.4 Å². The van der Waals surface area contributed by atoms with Crippen molar-refractivity contribution in [3.05, 3.63) is 95.1 Å². The Balaban J connectivity index is 0.00000272. The average molecular weight is 470 g/mol. The number of halogens is 1. The molecule has 0 spiro atoms. The molecule has 31 heavy (non-hydrogen) atoms. The van der Waals surface area contributed by atoms with Crippen LogP contribution in [0.25, 0.3) is 0 Å². The van der Waals surface area contributed by atoms with Gasteiger partial charge >= 0.3 is 0 Å². The van der Waals surface area contributed by atoms with Crippen LogP contribution in [0.2, 0.25) is 0 Å². The summed E-state index contributed by atoms with van der Waals surface area (Å²) in [7, 11) is 0. The zero-order valence-electron chi connectivity index (χ0n) is 17.2. The lowest BCUT2D eigenvalue weighted by atomic mass is 10.2. The summed E-state index contributed by atoms with van der Waals surface area (Å²) in [6.07, 6.45) is 2.91. The van der Waals surface area contributed by atoms with Crippen LogP contribution in [-0.2, 0) is 13.0 Å². The van der Waals surface area contributed by atoms with Crippen molar-refractivity contribution in [2.75, 3.05) is 11.1 Å². The van der Waals surface area contributed by atoms with Crippen LogP contribution in [0, 0.1) is 6.92 Å². The predicted molar refractivity (Wildman–Crippen MR) is 133 cm³/mol. The lowest BCUT2D eigenvalue weighted by molar-refractivity contribution is 0.306. The van der Waals surface area contributed by atoms with Crippen LogP contribution in [0.3, 0.4) is 0 Å². The molecule has 4 rings (SSSR count). The molecule has 0 aliphatic rings. The molecule has 0 aliphatic heterocycles. The summed E-state index contributed by atoms with van der Waals surface area (Å²) in [5.74, 6) is 2.41. The monoisotopic (exact) mass is 469 g/mol. The summed E-state index contributed by atoms with van der Waals surface area (Å²) in [5, 5.41) is 6.13. The quantitative estimate of drug-likeness (QED) is 0.269. The van der Waals surface area contributed by atoms with E-state index in [1.165, 1.54) is 5.56 Å². The van der Waals surface area contributed by atoms with Gasteiger partial charge in [-0.1, -0.05) is 60.7 Å². The minimum Gasteiger partial charge on any atom is -0.485 e. The van der Waals surface area contributed by atoms with Crippen molar-refractivity contribution in [3.63, 3.8) is 0 Å². The van der Waals surface area contributed by atoms with Crippen molar-refractivity contribution < 1.29 is 4.74 Å². The maximum absolute atomic E-state index is 6.15. The second-order valence-electron chi connectivity index (χ2n) is 6.80. The SMILES string of the molecule is Cc1csc(Nc2ncc(SCCc3ccccc3)cc2OCc2ccccc2)n1.Cl. The zero-order valence-corrected chi connectivity index (χ0v) is 19.6. The van der Waals surface area contributed by atoms with Crippen molar-refractivity contribution in [2.24, 2.45) is 0 Å². The number of hydrogen-bond donors (Lipinski definition) is 1. The van der Waals surface area contributed by atoms with E-state index in [-0.39, 0.29) is 12.4 Å². The number of aryl methyl sites for hydroxylation is 2. The molecule has 160 valence electrons. The van der Waals surface area contributed by atoms with Gasteiger partial charge in [0.05, 0.1) is 5.69 Å². The van der Waals surface area contributed by atoms with Gasteiger partial charge in [-0.3, -0.25) is 0 Å². The molecule has 0 atom stereocenters. The lowest BCUT2D eigenvalue weighted by Crippen LogP contribution is -2.01. The van der Waals surface area contributed by atoms with Crippen LogP contribution in [0.4, 0.5) is 10.9 Å². The van der Waals surface area contributed by atoms with E-state index in [0.717, 1.165) is 39.2 Å². The fourth-order valence-corrected chi connectivity index (χ4v) is 4.47. The van der Waals surface area contributed by atoms with E-state index in [1.807, 2.05) is 42.8 Å². The Bertz CT molecular complexity index is 1070. The van der Waals surface area contributed by atoms with E-state index in [1.54, 1.807) is 23.1 Å². The zero-order chi connectivity index (χ0) is 20.6.